The molecule has 0 spiro atoms. The number of aryl methyl sites for hydroxylation is 3. The first-order valence-corrected chi connectivity index (χ1v) is 7.36. The largest absolute Gasteiger partial charge is 0.469 e. The molecule has 0 bridgehead atoms. The lowest BCUT2D eigenvalue weighted by atomic mass is 10.2. The highest BCUT2D eigenvalue weighted by Crippen LogP contribution is 2.23. The van der Waals surface area contributed by atoms with Crippen molar-refractivity contribution in [2.24, 2.45) is 0 Å². The maximum atomic E-state index is 11.9. The van der Waals surface area contributed by atoms with E-state index in [0.29, 0.717) is 29.8 Å². The highest BCUT2D eigenvalue weighted by molar-refractivity contribution is 5.89. The number of aromatic nitrogens is 4. The standard InChI is InChI=1S/C15H17N5O3/c1-3-20-8-6-12(19-20)16-13(21)4-5-14-17-18-15(23-14)11-7-9-22-10(11)2/h6-9H,3-5H2,1-2H3,(H,16,19,21). The third-order valence-corrected chi connectivity index (χ3v) is 3.35. The van der Waals surface area contributed by atoms with Crippen molar-refractivity contribution >= 4 is 11.7 Å². The van der Waals surface area contributed by atoms with Crippen molar-refractivity contribution in [2.75, 3.05) is 5.32 Å². The van der Waals surface area contributed by atoms with Gasteiger partial charge in [0.2, 0.25) is 11.8 Å². The lowest BCUT2D eigenvalue weighted by Crippen LogP contribution is -2.13. The highest BCUT2D eigenvalue weighted by Gasteiger charge is 2.14. The van der Waals surface area contributed by atoms with Crippen molar-refractivity contribution in [2.45, 2.75) is 33.2 Å². The zero-order valence-corrected chi connectivity index (χ0v) is 12.9. The molecule has 3 aromatic rings. The average molecular weight is 315 g/mol. The number of carbonyl (C=O) groups excluding carboxylic acids is 1. The molecule has 8 heteroatoms. The molecule has 3 heterocycles. The van der Waals surface area contributed by atoms with Gasteiger partial charge < -0.3 is 14.2 Å². The predicted molar refractivity (Wildman–Crippen MR) is 81.6 cm³/mol. The van der Waals surface area contributed by atoms with Crippen LogP contribution in [0.2, 0.25) is 0 Å². The van der Waals surface area contributed by atoms with Gasteiger partial charge in [0.1, 0.15) is 5.76 Å². The van der Waals surface area contributed by atoms with Crippen LogP contribution in [0.4, 0.5) is 5.82 Å². The molecule has 0 aliphatic carbocycles. The average Bonchev–Trinajstić information content (AvgIpc) is 3.25. The summed E-state index contributed by atoms with van der Waals surface area (Å²) in [6.45, 7) is 4.56. The lowest BCUT2D eigenvalue weighted by molar-refractivity contribution is -0.116. The molecule has 0 aliphatic rings. The fourth-order valence-corrected chi connectivity index (χ4v) is 2.10. The van der Waals surface area contributed by atoms with E-state index in [2.05, 4.69) is 20.6 Å². The molecule has 3 rings (SSSR count). The van der Waals surface area contributed by atoms with Gasteiger partial charge in [-0.1, -0.05) is 0 Å². The molecular formula is C15H17N5O3. The van der Waals surface area contributed by atoms with Crippen molar-refractivity contribution in [1.29, 1.82) is 0 Å². The summed E-state index contributed by atoms with van der Waals surface area (Å²) in [4.78, 5) is 11.9. The second kappa shape index (κ2) is 6.47. The molecule has 1 amide bonds. The van der Waals surface area contributed by atoms with E-state index in [0.717, 1.165) is 12.1 Å². The maximum Gasteiger partial charge on any atom is 0.251 e. The Morgan fingerprint density at radius 1 is 1.35 bits per heavy atom. The Bertz CT molecular complexity index is 802. The highest BCUT2D eigenvalue weighted by atomic mass is 16.4. The Morgan fingerprint density at radius 2 is 2.22 bits per heavy atom. The first-order valence-electron chi connectivity index (χ1n) is 7.36. The molecule has 0 fully saturated rings. The number of amides is 1. The lowest BCUT2D eigenvalue weighted by Gasteiger charge is -2.00. The monoisotopic (exact) mass is 315 g/mol. The van der Waals surface area contributed by atoms with Crippen LogP contribution in [0.25, 0.3) is 11.5 Å². The zero-order valence-electron chi connectivity index (χ0n) is 12.9. The van der Waals surface area contributed by atoms with Crippen LogP contribution in [0.15, 0.2) is 33.4 Å². The van der Waals surface area contributed by atoms with Gasteiger partial charge in [-0.25, -0.2) is 0 Å². The molecule has 0 atom stereocenters. The number of anilines is 1. The maximum absolute atomic E-state index is 11.9. The Balaban J connectivity index is 1.55. The Labute approximate surface area is 132 Å². The van der Waals surface area contributed by atoms with Crippen LogP contribution in [-0.2, 0) is 17.8 Å². The minimum Gasteiger partial charge on any atom is -0.469 e. The van der Waals surface area contributed by atoms with E-state index >= 15 is 0 Å². The van der Waals surface area contributed by atoms with Crippen molar-refractivity contribution in [1.82, 2.24) is 20.0 Å². The molecule has 23 heavy (non-hydrogen) atoms. The van der Waals surface area contributed by atoms with Gasteiger partial charge in [0, 0.05) is 31.6 Å². The fourth-order valence-electron chi connectivity index (χ4n) is 2.10. The summed E-state index contributed by atoms with van der Waals surface area (Å²) < 4.78 is 12.5. The summed E-state index contributed by atoms with van der Waals surface area (Å²) in [5.41, 5.74) is 0.762. The Kier molecular flexibility index (Phi) is 4.22. The normalized spacial score (nSPS) is 10.9. The first-order chi connectivity index (χ1) is 11.2. The van der Waals surface area contributed by atoms with E-state index < -0.39 is 0 Å². The summed E-state index contributed by atoms with van der Waals surface area (Å²) >= 11 is 0. The van der Waals surface area contributed by atoms with Gasteiger partial charge in [0.15, 0.2) is 5.82 Å². The van der Waals surface area contributed by atoms with Crippen LogP contribution in [0, 0.1) is 6.92 Å². The van der Waals surface area contributed by atoms with E-state index in [1.807, 2.05) is 20.0 Å². The molecule has 8 nitrogen and oxygen atoms in total. The summed E-state index contributed by atoms with van der Waals surface area (Å²) in [5, 5.41) is 14.9. The molecule has 0 saturated carbocycles. The third-order valence-electron chi connectivity index (χ3n) is 3.35. The molecule has 120 valence electrons. The van der Waals surface area contributed by atoms with Crippen LogP contribution < -0.4 is 5.32 Å². The quantitative estimate of drug-likeness (QED) is 0.750. The van der Waals surface area contributed by atoms with Crippen LogP contribution in [-0.4, -0.2) is 25.9 Å². The van der Waals surface area contributed by atoms with Gasteiger partial charge in [-0.2, -0.15) is 5.10 Å². The first kappa shape index (κ1) is 15.0. The Morgan fingerprint density at radius 3 is 2.91 bits per heavy atom. The van der Waals surface area contributed by atoms with E-state index in [1.54, 1.807) is 23.1 Å². The van der Waals surface area contributed by atoms with Crippen molar-refractivity contribution in [3.63, 3.8) is 0 Å². The van der Waals surface area contributed by atoms with E-state index in [-0.39, 0.29) is 12.3 Å². The van der Waals surface area contributed by atoms with E-state index in [4.69, 9.17) is 8.83 Å². The molecule has 0 unspecified atom stereocenters. The molecule has 3 aromatic heterocycles. The summed E-state index contributed by atoms with van der Waals surface area (Å²) in [6.07, 6.45) is 3.99. The van der Waals surface area contributed by atoms with Gasteiger partial charge in [-0.3, -0.25) is 9.48 Å². The SMILES string of the molecule is CCn1ccc(NC(=O)CCc2nnc(-c3ccoc3C)o2)n1. The minimum atomic E-state index is -0.148. The molecule has 0 aromatic carbocycles. The van der Waals surface area contributed by atoms with Crippen molar-refractivity contribution in [3.05, 3.63) is 36.2 Å². The number of rotatable bonds is 6. The van der Waals surface area contributed by atoms with Crippen LogP contribution >= 0.6 is 0 Å². The molecular weight excluding hydrogens is 298 g/mol. The van der Waals surface area contributed by atoms with Gasteiger partial charge in [0.05, 0.1) is 11.8 Å². The second-order valence-corrected chi connectivity index (χ2v) is 5.00. The summed E-state index contributed by atoms with van der Waals surface area (Å²) in [7, 11) is 0. The van der Waals surface area contributed by atoms with Crippen LogP contribution in [0.3, 0.4) is 0 Å². The number of furan rings is 1. The van der Waals surface area contributed by atoms with Crippen molar-refractivity contribution < 1.29 is 13.6 Å². The van der Waals surface area contributed by atoms with Gasteiger partial charge in [-0.05, 0) is 19.9 Å². The number of nitrogens with one attached hydrogen (secondary N) is 1. The van der Waals surface area contributed by atoms with E-state index in [9.17, 15) is 4.79 Å². The van der Waals surface area contributed by atoms with Gasteiger partial charge in [-0.15, -0.1) is 10.2 Å². The third kappa shape index (κ3) is 3.47. The number of hydrogen-bond acceptors (Lipinski definition) is 6. The van der Waals surface area contributed by atoms with Crippen LogP contribution in [0.5, 0.6) is 0 Å². The Hall–Kier alpha value is -2.90. The molecule has 1 N–H and O–H groups in total. The topological polar surface area (TPSA) is 99.0 Å². The smallest absolute Gasteiger partial charge is 0.251 e. The summed E-state index contributed by atoms with van der Waals surface area (Å²) in [6, 6.07) is 3.53. The summed E-state index contributed by atoms with van der Waals surface area (Å²) in [5.74, 6) is 1.91. The second-order valence-electron chi connectivity index (χ2n) is 5.00. The molecule has 0 saturated heterocycles. The number of carbonyl (C=O) groups is 1. The van der Waals surface area contributed by atoms with Gasteiger partial charge in [0.25, 0.3) is 5.89 Å². The zero-order chi connectivity index (χ0) is 16.2. The fraction of sp³-hybridized carbons (Fsp3) is 0.333. The predicted octanol–water partition coefficient (Wildman–Crippen LogP) is 2.43. The van der Waals surface area contributed by atoms with Crippen LogP contribution in [0.1, 0.15) is 25.0 Å². The van der Waals surface area contributed by atoms with Gasteiger partial charge >= 0.3 is 0 Å². The number of nitrogens with zero attached hydrogens (tertiary/aromatic N) is 4. The number of hydrogen-bond donors (Lipinski definition) is 1. The van der Waals surface area contributed by atoms with E-state index in [1.165, 1.54) is 0 Å². The van der Waals surface area contributed by atoms with Crippen molar-refractivity contribution in [3.8, 4) is 11.5 Å². The minimum absolute atomic E-state index is 0.148. The molecule has 0 aliphatic heterocycles. The molecule has 0 radical (unpaired) electrons.